The predicted molar refractivity (Wildman–Crippen MR) is 77.7 cm³/mol. The molecule has 0 unspecified atom stereocenters. The fourth-order valence-electron chi connectivity index (χ4n) is 1.71. The Bertz CT molecular complexity index is 721. The lowest BCUT2D eigenvalue weighted by Gasteiger charge is -2.01. The Morgan fingerprint density at radius 3 is 2.83 bits per heavy atom. The van der Waals surface area contributed by atoms with Gasteiger partial charge < -0.3 is 0 Å². The fraction of sp³-hybridized carbons (Fsp3) is 0. The maximum absolute atomic E-state index is 13.9. The van der Waals surface area contributed by atoms with Crippen LogP contribution >= 0.6 is 38.9 Å². The van der Waals surface area contributed by atoms with Gasteiger partial charge in [0.25, 0.3) is 0 Å². The lowest BCUT2D eigenvalue weighted by atomic mass is 10.2. The summed E-state index contributed by atoms with van der Waals surface area (Å²) < 4.78 is 15.5. The second-order valence-corrected chi connectivity index (χ2v) is 6.05. The molecule has 2 aromatic carbocycles. The van der Waals surface area contributed by atoms with Crippen LogP contribution < -0.4 is 0 Å². The standard InChI is InChI=1S/C13H6BrClFNS/c14-8-2-1-3-9(16)12(8)13-17-10-5-4-7(15)6-11(10)18-13/h1-6H. The first-order valence-electron chi connectivity index (χ1n) is 5.15. The third-order valence-electron chi connectivity index (χ3n) is 2.53. The van der Waals surface area contributed by atoms with E-state index in [4.69, 9.17) is 11.6 Å². The first-order valence-corrected chi connectivity index (χ1v) is 7.14. The average molecular weight is 343 g/mol. The molecule has 0 amide bonds. The van der Waals surface area contributed by atoms with Gasteiger partial charge in [0.15, 0.2) is 0 Å². The highest BCUT2D eigenvalue weighted by atomic mass is 79.9. The van der Waals surface area contributed by atoms with Gasteiger partial charge in [-0.15, -0.1) is 11.3 Å². The number of hydrogen-bond acceptors (Lipinski definition) is 2. The van der Waals surface area contributed by atoms with E-state index in [1.54, 1.807) is 18.2 Å². The van der Waals surface area contributed by atoms with Crippen molar-refractivity contribution >= 4 is 49.1 Å². The number of fused-ring (bicyclic) bond motifs is 1. The number of halogens is 3. The van der Waals surface area contributed by atoms with Gasteiger partial charge >= 0.3 is 0 Å². The van der Waals surface area contributed by atoms with Crippen molar-refractivity contribution in [3.63, 3.8) is 0 Å². The second kappa shape index (κ2) is 4.61. The molecule has 3 rings (SSSR count). The highest BCUT2D eigenvalue weighted by Gasteiger charge is 2.14. The molecule has 0 saturated carbocycles. The van der Waals surface area contributed by atoms with E-state index in [0.29, 0.717) is 20.1 Å². The van der Waals surface area contributed by atoms with Crippen molar-refractivity contribution in [2.75, 3.05) is 0 Å². The molecule has 0 atom stereocenters. The quantitative estimate of drug-likeness (QED) is 0.567. The van der Waals surface area contributed by atoms with Crippen molar-refractivity contribution < 1.29 is 4.39 Å². The number of hydrogen-bond donors (Lipinski definition) is 0. The molecule has 0 aliphatic heterocycles. The van der Waals surface area contributed by atoms with Crippen LogP contribution in [0.25, 0.3) is 20.8 Å². The van der Waals surface area contributed by atoms with E-state index in [-0.39, 0.29) is 5.82 Å². The first-order chi connectivity index (χ1) is 8.65. The molecule has 3 aromatic rings. The third kappa shape index (κ3) is 2.05. The Labute approximate surface area is 120 Å². The van der Waals surface area contributed by atoms with Gasteiger partial charge in [-0.1, -0.05) is 17.7 Å². The number of rotatable bonds is 1. The van der Waals surface area contributed by atoms with Gasteiger partial charge in [-0.2, -0.15) is 0 Å². The van der Waals surface area contributed by atoms with Gasteiger partial charge in [-0.05, 0) is 46.3 Å². The smallest absolute Gasteiger partial charge is 0.134 e. The minimum absolute atomic E-state index is 0.283. The third-order valence-corrected chi connectivity index (χ3v) is 4.46. The van der Waals surface area contributed by atoms with Gasteiger partial charge in [0, 0.05) is 9.50 Å². The van der Waals surface area contributed by atoms with E-state index in [2.05, 4.69) is 20.9 Å². The zero-order chi connectivity index (χ0) is 12.7. The Kier molecular flexibility index (Phi) is 3.09. The van der Waals surface area contributed by atoms with Crippen LogP contribution in [0.3, 0.4) is 0 Å². The maximum Gasteiger partial charge on any atom is 0.134 e. The molecule has 5 heteroatoms. The van der Waals surface area contributed by atoms with Gasteiger partial charge in [-0.25, -0.2) is 9.37 Å². The maximum atomic E-state index is 13.9. The van der Waals surface area contributed by atoms with Gasteiger partial charge in [0.05, 0.1) is 15.8 Å². The summed E-state index contributed by atoms with van der Waals surface area (Å²) in [7, 11) is 0. The summed E-state index contributed by atoms with van der Waals surface area (Å²) in [4.78, 5) is 4.44. The van der Waals surface area contributed by atoms with E-state index in [0.717, 1.165) is 10.2 Å². The summed E-state index contributed by atoms with van der Waals surface area (Å²) >= 11 is 10.7. The van der Waals surface area contributed by atoms with Crippen molar-refractivity contribution in [1.29, 1.82) is 0 Å². The van der Waals surface area contributed by atoms with Crippen LogP contribution in [-0.4, -0.2) is 4.98 Å². The molecule has 0 radical (unpaired) electrons. The minimum atomic E-state index is -0.283. The molecular weight excluding hydrogens is 337 g/mol. The van der Waals surface area contributed by atoms with Crippen LogP contribution in [0.15, 0.2) is 40.9 Å². The number of nitrogens with zero attached hydrogens (tertiary/aromatic N) is 1. The molecule has 1 nitrogen and oxygen atoms in total. The Hall–Kier alpha value is -0.970. The van der Waals surface area contributed by atoms with Crippen molar-refractivity contribution in [3.05, 3.63) is 51.7 Å². The van der Waals surface area contributed by atoms with Crippen molar-refractivity contribution in [2.45, 2.75) is 0 Å². The fourth-order valence-corrected chi connectivity index (χ4v) is 3.67. The van der Waals surface area contributed by atoms with E-state index >= 15 is 0 Å². The van der Waals surface area contributed by atoms with E-state index < -0.39 is 0 Å². The Morgan fingerprint density at radius 1 is 1.22 bits per heavy atom. The number of thiazole rings is 1. The van der Waals surface area contributed by atoms with Gasteiger partial charge in [0.1, 0.15) is 10.8 Å². The minimum Gasteiger partial charge on any atom is -0.236 e. The molecule has 1 heterocycles. The molecule has 0 N–H and O–H groups in total. The number of aromatic nitrogens is 1. The summed E-state index contributed by atoms with van der Waals surface area (Å²) in [5, 5.41) is 1.31. The average Bonchev–Trinajstić information content (AvgIpc) is 2.71. The molecule has 0 aliphatic carbocycles. The summed E-state index contributed by atoms with van der Waals surface area (Å²) in [6, 6.07) is 10.4. The second-order valence-electron chi connectivity index (χ2n) is 3.73. The SMILES string of the molecule is Fc1cccc(Br)c1-c1nc2ccc(Cl)cc2s1. The van der Waals surface area contributed by atoms with Crippen LogP contribution in [-0.2, 0) is 0 Å². The lowest BCUT2D eigenvalue weighted by molar-refractivity contribution is 0.630. The molecule has 1 aromatic heterocycles. The molecule has 0 spiro atoms. The summed E-state index contributed by atoms with van der Waals surface area (Å²) in [5.41, 5.74) is 1.32. The molecule has 18 heavy (non-hydrogen) atoms. The molecule has 0 bridgehead atoms. The number of benzene rings is 2. The van der Waals surface area contributed by atoms with Gasteiger partial charge in [0.2, 0.25) is 0 Å². The molecule has 0 aliphatic rings. The largest absolute Gasteiger partial charge is 0.236 e. The van der Waals surface area contributed by atoms with Crippen molar-refractivity contribution in [1.82, 2.24) is 4.98 Å². The van der Waals surface area contributed by atoms with Crippen molar-refractivity contribution in [2.24, 2.45) is 0 Å². The van der Waals surface area contributed by atoms with Crippen LogP contribution in [0.1, 0.15) is 0 Å². The van der Waals surface area contributed by atoms with Crippen LogP contribution in [0.2, 0.25) is 5.02 Å². The molecule has 0 fully saturated rings. The zero-order valence-corrected chi connectivity index (χ0v) is 12.1. The molecule has 90 valence electrons. The first kappa shape index (κ1) is 12.1. The van der Waals surface area contributed by atoms with Crippen LogP contribution in [0, 0.1) is 5.82 Å². The summed E-state index contributed by atoms with van der Waals surface area (Å²) in [6.45, 7) is 0. The normalized spacial score (nSPS) is 11.1. The van der Waals surface area contributed by atoms with Crippen LogP contribution in [0.4, 0.5) is 4.39 Å². The Balaban J connectivity index is 2.26. The highest BCUT2D eigenvalue weighted by molar-refractivity contribution is 9.10. The predicted octanol–water partition coefficient (Wildman–Crippen LogP) is 5.52. The van der Waals surface area contributed by atoms with E-state index in [1.165, 1.54) is 17.4 Å². The lowest BCUT2D eigenvalue weighted by Crippen LogP contribution is -1.84. The van der Waals surface area contributed by atoms with E-state index in [9.17, 15) is 4.39 Å². The van der Waals surface area contributed by atoms with E-state index in [1.807, 2.05) is 12.1 Å². The van der Waals surface area contributed by atoms with Crippen LogP contribution in [0.5, 0.6) is 0 Å². The molecule has 0 saturated heterocycles. The highest BCUT2D eigenvalue weighted by Crippen LogP contribution is 2.36. The topological polar surface area (TPSA) is 12.9 Å². The summed E-state index contributed by atoms with van der Waals surface area (Å²) in [6.07, 6.45) is 0. The van der Waals surface area contributed by atoms with Crippen molar-refractivity contribution in [3.8, 4) is 10.6 Å². The summed E-state index contributed by atoms with van der Waals surface area (Å²) in [5.74, 6) is -0.283. The molecular formula is C13H6BrClFNS. The van der Waals surface area contributed by atoms with Gasteiger partial charge in [-0.3, -0.25) is 0 Å². The monoisotopic (exact) mass is 341 g/mol. The zero-order valence-electron chi connectivity index (χ0n) is 8.95. The Morgan fingerprint density at radius 2 is 2.06 bits per heavy atom.